The molecule has 0 aliphatic rings. The van der Waals surface area contributed by atoms with Gasteiger partial charge in [-0.2, -0.15) is 0 Å². The van der Waals surface area contributed by atoms with E-state index in [0.29, 0.717) is 22.5 Å². The predicted octanol–water partition coefficient (Wildman–Crippen LogP) is 2.39. The van der Waals surface area contributed by atoms with Crippen molar-refractivity contribution < 1.29 is 4.79 Å². The van der Waals surface area contributed by atoms with Crippen molar-refractivity contribution in [1.82, 2.24) is 14.5 Å². The Morgan fingerprint density at radius 2 is 1.81 bits per heavy atom. The lowest BCUT2D eigenvalue weighted by Crippen LogP contribution is -2.33. The van der Waals surface area contributed by atoms with Crippen molar-refractivity contribution in [3.8, 4) is 0 Å². The number of H-pyrrole nitrogens is 1. The van der Waals surface area contributed by atoms with E-state index >= 15 is 0 Å². The summed E-state index contributed by atoms with van der Waals surface area (Å²) < 4.78 is 1.42. The minimum absolute atomic E-state index is 0.0952. The minimum atomic E-state index is -0.512. The lowest BCUT2D eigenvalue weighted by Gasteiger charge is -2.18. The Hall–Kier alpha value is -2.86. The zero-order valence-electron chi connectivity index (χ0n) is 14.2. The highest BCUT2D eigenvalue weighted by atomic mass is 35.5. The summed E-state index contributed by atoms with van der Waals surface area (Å²) in [6.07, 6.45) is 0.153. The number of carbonyl (C=O) groups is 1. The number of carbonyl (C=O) groups excluding carboxylic acids is 1. The number of fused-ring (bicyclic) bond motifs is 1. The topological polar surface area (TPSA) is 75.2 Å². The number of nitrogens with one attached hydrogen (secondary N) is 1. The predicted molar refractivity (Wildman–Crippen MR) is 101 cm³/mol. The number of aryl methyl sites for hydroxylation is 1. The molecule has 0 aliphatic heterocycles. The third kappa shape index (κ3) is 3.86. The van der Waals surface area contributed by atoms with Crippen LogP contribution in [-0.2, 0) is 17.9 Å². The molecule has 1 N–H and O–H groups in total. The standard InChI is InChI=1S/C19H18ClN3O3/c1-22(12-13-6-8-14(20)9-7-13)17(24)10-11-23-16-5-3-2-4-15(16)18(25)21-19(23)26/h2-9H,10-12H2,1H3,(H,21,25,26). The molecule has 0 radical (unpaired) electrons. The fourth-order valence-electron chi connectivity index (χ4n) is 2.81. The third-order valence-corrected chi connectivity index (χ3v) is 4.47. The number of benzene rings is 2. The van der Waals surface area contributed by atoms with Crippen molar-refractivity contribution in [2.45, 2.75) is 19.5 Å². The first-order chi connectivity index (χ1) is 12.5. The maximum Gasteiger partial charge on any atom is 0.328 e. The molecular formula is C19H18ClN3O3. The molecule has 0 spiro atoms. The molecule has 0 bridgehead atoms. The Kier molecular flexibility index (Phi) is 5.23. The zero-order valence-corrected chi connectivity index (χ0v) is 15.0. The van der Waals surface area contributed by atoms with Gasteiger partial charge in [0.2, 0.25) is 5.91 Å². The van der Waals surface area contributed by atoms with E-state index in [-0.39, 0.29) is 18.9 Å². The van der Waals surface area contributed by atoms with E-state index in [1.807, 2.05) is 12.1 Å². The van der Waals surface area contributed by atoms with Crippen LogP contribution < -0.4 is 11.2 Å². The molecule has 0 fully saturated rings. The normalized spacial score (nSPS) is 10.8. The SMILES string of the molecule is CN(Cc1ccc(Cl)cc1)C(=O)CCn1c(=O)[nH]c(=O)c2ccccc21. The van der Waals surface area contributed by atoms with Crippen molar-refractivity contribution in [2.24, 2.45) is 0 Å². The van der Waals surface area contributed by atoms with Gasteiger partial charge in [0.25, 0.3) is 5.56 Å². The summed E-state index contributed by atoms with van der Waals surface area (Å²) in [6, 6.07) is 14.1. The van der Waals surface area contributed by atoms with Crippen LogP contribution in [0.15, 0.2) is 58.1 Å². The third-order valence-electron chi connectivity index (χ3n) is 4.21. The maximum atomic E-state index is 12.4. The monoisotopic (exact) mass is 371 g/mol. The highest BCUT2D eigenvalue weighted by Crippen LogP contribution is 2.12. The molecule has 1 amide bonds. The van der Waals surface area contributed by atoms with Gasteiger partial charge in [-0.1, -0.05) is 35.9 Å². The molecule has 7 heteroatoms. The van der Waals surface area contributed by atoms with Crippen molar-refractivity contribution >= 4 is 28.4 Å². The molecule has 3 aromatic rings. The lowest BCUT2D eigenvalue weighted by molar-refractivity contribution is -0.130. The number of rotatable bonds is 5. The van der Waals surface area contributed by atoms with Crippen LogP contribution >= 0.6 is 11.6 Å². The molecule has 0 saturated carbocycles. The molecule has 0 aliphatic carbocycles. The molecule has 2 aromatic carbocycles. The molecule has 1 aromatic heterocycles. The van der Waals surface area contributed by atoms with Gasteiger partial charge in [0.15, 0.2) is 0 Å². The second-order valence-corrected chi connectivity index (χ2v) is 6.49. The highest BCUT2D eigenvalue weighted by molar-refractivity contribution is 6.30. The Bertz CT molecular complexity index is 1050. The molecule has 0 atom stereocenters. The van der Waals surface area contributed by atoms with Gasteiger partial charge in [0, 0.05) is 31.6 Å². The van der Waals surface area contributed by atoms with Gasteiger partial charge in [0.05, 0.1) is 10.9 Å². The summed E-state index contributed by atoms with van der Waals surface area (Å²) in [7, 11) is 1.71. The molecule has 134 valence electrons. The lowest BCUT2D eigenvalue weighted by atomic mass is 10.2. The van der Waals surface area contributed by atoms with Gasteiger partial charge in [-0.25, -0.2) is 4.79 Å². The van der Waals surface area contributed by atoms with Crippen LogP contribution in [0.1, 0.15) is 12.0 Å². The molecular weight excluding hydrogens is 354 g/mol. The second-order valence-electron chi connectivity index (χ2n) is 6.05. The van der Waals surface area contributed by atoms with Crippen LogP contribution in [0.25, 0.3) is 10.9 Å². The summed E-state index contributed by atoms with van der Waals surface area (Å²) in [6.45, 7) is 0.650. The van der Waals surface area contributed by atoms with Gasteiger partial charge in [-0.05, 0) is 29.8 Å². The van der Waals surface area contributed by atoms with E-state index in [4.69, 9.17) is 11.6 Å². The molecule has 1 heterocycles. The first-order valence-corrected chi connectivity index (χ1v) is 8.54. The van der Waals surface area contributed by atoms with Crippen molar-refractivity contribution in [2.75, 3.05) is 7.05 Å². The van der Waals surface area contributed by atoms with Gasteiger partial charge >= 0.3 is 5.69 Å². The van der Waals surface area contributed by atoms with Crippen molar-refractivity contribution in [3.05, 3.63) is 80.0 Å². The average molecular weight is 372 g/mol. The largest absolute Gasteiger partial charge is 0.341 e. The van der Waals surface area contributed by atoms with Crippen LogP contribution in [0.3, 0.4) is 0 Å². The van der Waals surface area contributed by atoms with E-state index in [2.05, 4.69) is 4.98 Å². The number of nitrogens with zero attached hydrogens (tertiary/aromatic N) is 2. The van der Waals surface area contributed by atoms with Crippen LogP contribution in [0.2, 0.25) is 5.02 Å². The minimum Gasteiger partial charge on any atom is -0.341 e. The highest BCUT2D eigenvalue weighted by Gasteiger charge is 2.12. The molecule has 26 heavy (non-hydrogen) atoms. The van der Waals surface area contributed by atoms with Crippen molar-refractivity contribution in [1.29, 1.82) is 0 Å². The summed E-state index contributed by atoms with van der Waals surface area (Å²) in [5.41, 5.74) is 0.557. The first-order valence-electron chi connectivity index (χ1n) is 8.16. The number of halogens is 1. The quantitative estimate of drug-likeness (QED) is 0.748. The number of aromatic nitrogens is 2. The van der Waals surface area contributed by atoms with Crippen LogP contribution in [0, 0.1) is 0 Å². The van der Waals surface area contributed by atoms with E-state index in [0.717, 1.165) is 5.56 Å². The van der Waals surface area contributed by atoms with Gasteiger partial charge in [-0.3, -0.25) is 19.1 Å². The second kappa shape index (κ2) is 7.58. The van der Waals surface area contributed by atoms with E-state index in [1.165, 1.54) is 4.57 Å². The Labute approximate surface area is 154 Å². The van der Waals surface area contributed by atoms with Gasteiger partial charge < -0.3 is 4.90 Å². The average Bonchev–Trinajstić information content (AvgIpc) is 2.63. The number of aromatic amines is 1. The Balaban J connectivity index is 1.73. The summed E-state index contributed by atoms with van der Waals surface area (Å²) in [5, 5.41) is 1.07. The Morgan fingerprint density at radius 3 is 2.54 bits per heavy atom. The summed E-state index contributed by atoms with van der Waals surface area (Å²) in [4.78, 5) is 40.3. The molecule has 0 unspecified atom stereocenters. The van der Waals surface area contributed by atoms with Crippen molar-refractivity contribution in [3.63, 3.8) is 0 Å². The fourth-order valence-corrected chi connectivity index (χ4v) is 2.94. The van der Waals surface area contributed by atoms with Crippen LogP contribution in [0.4, 0.5) is 0 Å². The number of amides is 1. The number of hydrogen-bond donors (Lipinski definition) is 1. The maximum absolute atomic E-state index is 12.4. The number of para-hydroxylation sites is 1. The van der Waals surface area contributed by atoms with Gasteiger partial charge in [-0.15, -0.1) is 0 Å². The molecule has 0 saturated heterocycles. The van der Waals surface area contributed by atoms with E-state index < -0.39 is 11.2 Å². The summed E-state index contributed by atoms with van der Waals surface area (Å²) in [5.74, 6) is -0.0952. The van der Waals surface area contributed by atoms with E-state index in [9.17, 15) is 14.4 Å². The van der Waals surface area contributed by atoms with Crippen LogP contribution in [-0.4, -0.2) is 27.4 Å². The zero-order chi connectivity index (χ0) is 18.7. The smallest absolute Gasteiger partial charge is 0.328 e. The first kappa shape index (κ1) is 17.9. The van der Waals surface area contributed by atoms with Crippen LogP contribution in [0.5, 0.6) is 0 Å². The van der Waals surface area contributed by atoms with E-state index in [1.54, 1.807) is 48.3 Å². The Morgan fingerprint density at radius 1 is 1.12 bits per heavy atom. The fraction of sp³-hybridized carbons (Fsp3) is 0.211. The van der Waals surface area contributed by atoms with Gasteiger partial charge in [0.1, 0.15) is 0 Å². The molecule has 6 nitrogen and oxygen atoms in total. The molecule has 3 rings (SSSR count). The summed E-state index contributed by atoms with van der Waals surface area (Å²) >= 11 is 5.86. The number of hydrogen-bond acceptors (Lipinski definition) is 3.